The van der Waals surface area contributed by atoms with Crippen molar-refractivity contribution in [3.63, 3.8) is 0 Å². The van der Waals surface area contributed by atoms with E-state index in [1.807, 2.05) is 25.1 Å². The molecule has 10 heteroatoms. The van der Waals surface area contributed by atoms with E-state index in [-0.39, 0.29) is 11.8 Å². The Morgan fingerprint density at radius 1 is 1.34 bits per heavy atom. The number of sulfonamides is 1. The summed E-state index contributed by atoms with van der Waals surface area (Å²) in [6, 6.07) is 8.26. The SMILES string of the molecule is CCCS(=O)(=O)N1CCC(NC(=NC)NCc2cccc(-c3ncn[nH]3)c2)CC1. The van der Waals surface area contributed by atoms with E-state index < -0.39 is 10.0 Å². The van der Waals surface area contributed by atoms with E-state index in [4.69, 9.17) is 0 Å². The number of guanidine groups is 1. The van der Waals surface area contributed by atoms with Gasteiger partial charge in [-0.05, 0) is 30.9 Å². The maximum atomic E-state index is 12.2. The van der Waals surface area contributed by atoms with Crippen LogP contribution in [0.4, 0.5) is 0 Å². The zero-order chi connectivity index (χ0) is 20.7. The fourth-order valence-electron chi connectivity index (χ4n) is 3.41. The standard InChI is InChI=1S/C19H29N7O2S/c1-3-11-29(27,28)26-9-7-17(8-10-26)24-19(20-2)21-13-15-5-4-6-16(12-15)18-22-14-23-25-18/h4-6,12,14,17H,3,7-11,13H2,1-2H3,(H2,20,21,24)(H,22,23,25). The molecule has 0 aliphatic carbocycles. The van der Waals surface area contributed by atoms with Gasteiger partial charge in [-0.3, -0.25) is 10.1 Å². The quantitative estimate of drug-likeness (QED) is 0.461. The molecule has 0 radical (unpaired) electrons. The van der Waals surface area contributed by atoms with E-state index in [0.29, 0.717) is 32.0 Å². The number of benzene rings is 1. The third-order valence-electron chi connectivity index (χ3n) is 4.95. The lowest BCUT2D eigenvalue weighted by Gasteiger charge is -2.32. The minimum Gasteiger partial charge on any atom is -0.354 e. The van der Waals surface area contributed by atoms with Crippen LogP contribution in [-0.2, 0) is 16.6 Å². The van der Waals surface area contributed by atoms with Crippen molar-refractivity contribution in [2.24, 2.45) is 4.99 Å². The lowest BCUT2D eigenvalue weighted by Crippen LogP contribution is -2.49. The summed E-state index contributed by atoms with van der Waals surface area (Å²) < 4.78 is 26.0. The lowest BCUT2D eigenvalue weighted by atomic mass is 10.1. The Kier molecular flexibility index (Phi) is 7.21. The molecule has 3 rings (SSSR count). The minimum atomic E-state index is -3.11. The molecule has 9 nitrogen and oxygen atoms in total. The number of hydrogen-bond donors (Lipinski definition) is 3. The zero-order valence-electron chi connectivity index (χ0n) is 16.9. The molecule has 158 valence electrons. The molecule has 0 spiro atoms. The average Bonchev–Trinajstić information content (AvgIpc) is 3.26. The van der Waals surface area contributed by atoms with Crippen molar-refractivity contribution in [3.05, 3.63) is 36.2 Å². The molecule has 1 aromatic carbocycles. The molecule has 29 heavy (non-hydrogen) atoms. The highest BCUT2D eigenvalue weighted by Crippen LogP contribution is 2.16. The van der Waals surface area contributed by atoms with Gasteiger partial charge in [0.2, 0.25) is 10.0 Å². The summed E-state index contributed by atoms with van der Waals surface area (Å²) in [6.45, 7) is 3.61. The minimum absolute atomic E-state index is 0.204. The molecule has 1 aliphatic heterocycles. The van der Waals surface area contributed by atoms with E-state index in [1.54, 1.807) is 11.4 Å². The van der Waals surface area contributed by atoms with E-state index in [9.17, 15) is 8.42 Å². The maximum Gasteiger partial charge on any atom is 0.214 e. The molecule has 2 aromatic rings. The van der Waals surface area contributed by atoms with E-state index in [1.165, 1.54) is 6.33 Å². The summed E-state index contributed by atoms with van der Waals surface area (Å²) in [5.74, 6) is 1.67. The predicted octanol–water partition coefficient (Wildman–Crippen LogP) is 1.34. The van der Waals surface area contributed by atoms with Gasteiger partial charge in [0.1, 0.15) is 6.33 Å². The van der Waals surface area contributed by atoms with Crippen molar-refractivity contribution in [2.45, 2.75) is 38.8 Å². The van der Waals surface area contributed by atoms with E-state index >= 15 is 0 Å². The van der Waals surface area contributed by atoms with Gasteiger partial charge in [-0.2, -0.15) is 5.10 Å². The van der Waals surface area contributed by atoms with Crippen molar-refractivity contribution in [2.75, 3.05) is 25.9 Å². The summed E-state index contributed by atoms with van der Waals surface area (Å²) in [7, 11) is -1.38. The summed E-state index contributed by atoms with van der Waals surface area (Å²) in [4.78, 5) is 8.48. The first-order valence-corrected chi connectivity index (χ1v) is 11.5. The summed E-state index contributed by atoms with van der Waals surface area (Å²) in [5, 5.41) is 13.5. The number of H-pyrrole nitrogens is 1. The second-order valence-corrected chi connectivity index (χ2v) is 9.18. The number of aliphatic imine (C=N–C) groups is 1. The molecule has 0 bridgehead atoms. The Morgan fingerprint density at radius 2 is 2.14 bits per heavy atom. The molecule has 0 unspecified atom stereocenters. The van der Waals surface area contributed by atoms with Gasteiger partial charge in [0.15, 0.2) is 11.8 Å². The highest BCUT2D eigenvalue weighted by molar-refractivity contribution is 7.89. The monoisotopic (exact) mass is 419 g/mol. The average molecular weight is 420 g/mol. The van der Waals surface area contributed by atoms with Crippen LogP contribution in [0.1, 0.15) is 31.7 Å². The van der Waals surface area contributed by atoms with Crippen molar-refractivity contribution in [3.8, 4) is 11.4 Å². The maximum absolute atomic E-state index is 12.2. The molecule has 2 heterocycles. The third-order valence-corrected chi connectivity index (χ3v) is 7.03. The first kappa shape index (κ1) is 21.3. The molecule has 0 amide bonds. The molecule has 1 aliphatic rings. The third kappa shape index (κ3) is 5.77. The van der Waals surface area contributed by atoms with Crippen molar-refractivity contribution in [1.29, 1.82) is 0 Å². The van der Waals surface area contributed by atoms with Gasteiger partial charge in [-0.25, -0.2) is 17.7 Å². The van der Waals surface area contributed by atoms with Crippen LogP contribution >= 0.6 is 0 Å². The fourth-order valence-corrected chi connectivity index (χ4v) is 4.95. The first-order valence-electron chi connectivity index (χ1n) is 9.91. The van der Waals surface area contributed by atoms with Crippen LogP contribution in [0.15, 0.2) is 35.6 Å². The molecule has 0 saturated carbocycles. The largest absolute Gasteiger partial charge is 0.354 e. The predicted molar refractivity (Wildman–Crippen MR) is 114 cm³/mol. The summed E-state index contributed by atoms with van der Waals surface area (Å²) in [5.41, 5.74) is 2.08. The fraction of sp³-hybridized carbons (Fsp3) is 0.526. The van der Waals surface area contributed by atoms with Gasteiger partial charge in [-0.15, -0.1) is 0 Å². The zero-order valence-corrected chi connectivity index (χ0v) is 17.7. The van der Waals surface area contributed by atoms with Crippen LogP contribution in [-0.4, -0.2) is 65.8 Å². The Morgan fingerprint density at radius 3 is 2.79 bits per heavy atom. The van der Waals surface area contributed by atoms with Gasteiger partial charge >= 0.3 is 0 Å². The van der Waals surface area contributed by atoms with Crippen LogP contribution in [0, 0.1) is 0 Å². The molecular formula is C19H29N7O2S. The normalized spacial score (nSPS) is 16.7. The first-order chi connectivity index (χ1) is 14.0. The molecule has 0 atom stereocenters. The van der Waals surface area contributed by atoms with Crippen LogP contribution in [0.25, 0.3) is 11.4 Å². The molecule has 1 saturated heterocycles. The smallest absolute Gasteiger partial charge is 0.214 e. The Balaban J connectivity index is 1.50. The Bertz CT molecular complexity index is 904. The molecule has 3 N–H and O–H groups in total. The topological polar surface area (TPSA) is 115 Å². The molecular weight excluding hydrogens is 390 g/mol. The molecule has 1 aromatic heterocycles. The lowest BCUT2D eigenvalue weighted by molar-refractivity contribution is 0.306. The van der Waals surface area contributed by atoms with Crippen molar-refractivity contribution in [1.82, 2.24) is 30.1 Å². The number of nitrogens with zero attached hydrogens (tertiary/aromatic N) is 4. The number of hydrogen-bond acceptors (Lipinski definition) is 5. The highest BCUT2D eigenvalue weighted by Gasteiger charge is 2.27. The van der Waals surface area contributed by atoms with Crippen LogP contribution in [0.3, 0.4) is 0 Å². The number of aromatic amines is 1. The van der Waals surface area contributed by atoms with Gasteiger partial charge in [0, 0.05) is 38.3 Å². The number of rotatable bonds is 7. The number of nitrogens with one attached hydrogen (secondary N) is 3. The number of aromatic nitrogens is 3. The van der Waals surface area contributed by atoms with E-state index in [0.717, 1.165) is 29.8 Å². The van der Waals surface area contributed by atoms with Gasteiger partial charge in [0.05, 0.1) is 5.75 Å². The van der Waals surface area contributed by atoms with Gasteiger partial charge in [0.25, 0.3) is 0 Å². The second-order valence-electron chi connectivity index (χ2n) is 7.09. The van der Waals surface area contributed by atoms with Crippen LogP contribution < -0.4 is 10.6 Å². The summed E-state index contributed by atoms with van der Waals surface area (Å²) in [6.07, 6.45) is 3.68. The Labute approximate surface area is 172 Å². The van der Waals surface area contributed by atoms with Crippen molar-refractivity contribution < 1.29 is 8.42 Å². The van der Waals surface area contributed by atoms with Crippen molar-refractivity contribution >= 4 is 16.0 Å². The van der Waals surface area contributed by atoms with E-state index in [2.05, 4.69) is 36.9 Å². The van der Waals surface area contributed by atoms with Crippen LogP contribution in [0.5, 0.6) is 0 Å². The summed E-state index contributed by atoms with van der Waals surface area (Å²) >= 11 is 0. The van der Waals surface area contributed by atoms with Gasteiger partial charge in [-0.1, -0.05) is 25.1 Å². The Hall–Kier alpha value is -2.46. The van der Waals surface area contributed by atoms with Gasteiger partial charge < -0.3 is 10.6 Å². The van der Waals surface area contributed by atoms with Crippen LogP contribution in [0.2, 0.25) is 0 Å². The molecule has 1 fully saturated rings. The number of piperidine rings is 1. The highest BCUT2D eigenvalue weighted by atomic mass is 32.2. The second kappa shape index (κ2) is 9.84.